The van der Waals surface area contributed by atoms with Gasteiger partial charge >= 0.3 is 5.97 Å². The summed E-state index contributed by atoms with van der Waals surface area (Å²) in [5.41, 5.74) is 0.148. The number of esters is 1. The summed E-state index contributed by atoms with van der Waals surface area (Å²) in [5.74, 6) is 1.28. The molecule has 122 valence electrons. The lowest BCUT2D eigenvalue weighted by atomic mass is 9.70. The van der Waals surface area contributed by atoms with E-state index in [1.807, 2.05) is 0 Å². The van der Waals surface area contributed by atoms with Gasteiger partial charge in [0.05, 0.1) is 5.41 Å². The third-order valence-corrected chi connectivity index (χ3v) is 7.10. The van der Waals surface area contributed by atoms with Crippen LogP contribution in [0.15, 0.2) is 0 Å². The van der Waals surface area contributed by atoms with Gasteiger partial charge in [0, 0.05) is 5.41 Å². The molecule has 2 heteroatoms. The maximum atomic E-state index is 12.8. The SMILES string of the molecule is CCC(C)(CC(C)C)C(=O)OC1CC2CCC1(C)C2(C)C. The Labute approximate surface area is 131 Å². The summed E-state index contributed by atoms with van der Waals surface area (Å²) in [7, 11) is 0. The molecule has 2 aliphatic carbocycles. The molecular formula is C19H34O2. The Morgan fingerprint density at radius 3 is 2.33 bits per heavy atom. The van der Waals surface area contributed by atoms with E-state index in [2.05, 4.69) is 48.5 Å². The van der Waals surface area contributed by atoms with Crippen molar-refractivity contribution in [3.63, 3.8) is 0 Å². The molecule has 0 saturated heterocycles. The maximum Gasteiger partial charge on any atom is 0.312 e. The van der Waals surface area contributed by atoms with Crippen molar-refractivity contribution >= 4 is 5.97 Å². The van der Waals surface area contributed by atoms with Gasteiger partial charge in [-0.3, -0.25) is 4.79 Å². The van der Waals surface area contributed by atoms with Crippen molar-refractivity contribution < 1.29 is 9.53 Å². The normalized spacial score (nSPS) is 36.8. The topological polar surface area (TPSA) is 26.3 Å². The lowest BCUT2D eigenvalue weighted by Gasteiger charge is -2.40. The molecule has 0 spiro atoms. The average molecular weight is 294 g/mol. The summed E-state index contributed by atoms with van der Waals surface area (Å²) in [4.78, 5) is 12.8. The highest BCUT2D eigenvalue weighted by molar-refractivity contribution is 5.76. The molecule has 21 heavy (non-hydrogen) atoms. The molecule has 2 nitrogen and oxygen atoms in total. The predicted octanol–water partition coefficient (Wildman–Crippen LogP) is 5.21. The van der Waals surface area contributed by atoms with Crippen molar-refractivity contribution in [2.75, 3.05) is 0 Å². The molecule has 0 heterocycles. The van der Waals surface area contributed by atoms with Crippen molar-refractivity contribution in [3.8, 4) is 0 Å². The van der Waals surface area contributed by atoms with Gasteiger partial charge in [0.25, 0.3) is 0 Å². The lowest BCUT2D eigenvalue weighted by molar-refractivity contribution is -0.169. The van der Waals surface area contributed by atoms with Crippen LogP contribution < -0.4 is 0 Å². The molecule has 0 aromatic heterocycles. The van der Waals surface area contributed by atoms with Crippen LogP contribution in [0.3, 0.4) is 0 Å². The first-order valence-electron chi connectivity index (χ1n) is 8.78. The van der Waals surface area contributed by atoms with Crippen LogP contribution in [0.2, 0.25) is 0 Å². The summed E-state index contributed by atoms with van der Waals surface area (Å²) in [6.07, 6.45) is 5.47. The zero-order valence-electron chi connectivity index (χ0n) is 15.1. The fourth-order valence-corrected chi connectivity index (χ4v) is 4.85. The second kappa shape index (κ2) is 5.28. The van der Waals surface area contributed by atoms with Gasteiger partial charge < -0.3 is 4.74 Å². The van der Waals surface area contributed by atoms with Crippen molar-refractivity contribution in [1.82, 2.24) is 0 Å². The lowest BCUT2D eigenvalue weighted by Crippen LogP contribution is -2.41. The van der Waals surface area contributed by atoms with E-state index in [4.69, 9.17) is 4.74 Å². The van der Waals surface area contributed by atoms with Gasteiger partial charge in [-0.1, -0.05) is 41.5 Å². The van der Waals surface area contributed by atoms with E-state index < -0.39 is 0 Å². The van der Waals surface area contributed by atoms with E-state index in [9.17, 15) is 4.79 Å². The van der Waals surface area contributed by atoms with Crippen LogP contribution in [-0.4, -0.2) is 12.1 Å². The fraction of sp³-hybridized carbons (Fsp3) is 0.947. The van der Waals surface area contributed by atoms with Crippen molar-refractivity contribution in [2.24, 2.45) is 28.1 Å². The van der Waals surface area contributed by atoms with Gasteiger partial charge in [0.15, 0.2) is 0 Å². The van der Waals surface area contributed by atoms with Gasteiger partial charge in [0.2, 0.25) is 0 Å². The molecule has 0 N–H and O–H groups in total. The summed E-state index contributed by atoms with van der Waals surface area (Å²) in [6, 6.07) is 0. The highest BCUT2D eigenvalue weighted by Crippen LogP contribution is 2.66. The fourth-order valence-electron chi connectivity index (χ4n) is 4.85. The van der Waals surface area contributed by atoms with Gasteiger partial charge in [0.1, 0.15) is 6.10 Å². The minimum absolute atomic E-state index is 0.0354. The van der Waals surface area contributed by atoms with E-state index >= 15 is 0 Å². The molecule has 0 aromatic rings. The van der Waals surface area contributed by atoms with Crippen molar-refractivity contribution in [2.45, 2.75) is 86.7 Å². The third kappa shape index (κ3) is 2.53. The van der Waals surface area contributed by atoms with Crippen LogP contribution in [0, 0.1) is 28.1 Å². The van der Waals surface area contributed by atoms with Crippen LogP contribution in [0.5, 0.6) is 0 Å². The quantitative estimate of drug-likeness (QED) is 0.651. The number of fused-ring (bicyclic) bond motifs is 2. The molecule has 2 saturated carbocycles. The molecular weight excluding hydrogens is 260 g/mol. The molecule has 4 atom stereocenters. The highest BCUT2D eigenvalue weighted by atomic mass is 16.5. The molecule has 2 fully saturated rings. The number of carbonyl (C=O) groups excluding carboxylic acids is 1. The van der Waals surface area contributed by atoms with Crippen molar-refractivity contribution in [1.29, 1.82) is 0 Å². The number of hydrogen-bond acceptors (Lipinski definition) is 2. The van der Waals surface area contributed by atoms with E-state index in [0.29, 0.717) is 11.3 Å². The summed E-state index contributed by atoms with van der Waals surface area (Å²) in [6.45, 7) is 15.6. The molecule has 2 bridgehead atoms. The Kier molecular flexibility index (Phi) is 4.23. The third-order valence-electron chi connectivity index (χ3n) is 7.10. The highest BCUT2D eigenvalue weighted by Gasteiger charge is 2.63. The Bertz CT molecular complexity index is 412. The smallest absolute Gasteiger partial charge is 0.312 e. The van der Waals surface area contributed by atoms with Gasteiger partial charge in [-0.25, -0.2) is 0 Å². The molecule has 4 unspecified atom stereocenters. The van der Waals surface area contributed by atoms with Crippen LogP contribution in [-0.2, 0) is 9.53 Å². The molecule has 2 aliphatic rings. The summed E-state index contributed by atoms with van der Waals surface area (Å²) >= 11 is 0. The predicted molar refractivity (Wildman–Crippen MR) is 87.0 cm³/mol. The number of carbonyl (C=O) groups is 1. The average Bonchev–Trinajstić information content (AvgIpc) is 2.70. The largest absolute Gasteiger partial charge is 0.461 e. The van der Waals surface area contributed by atoms with Crippen LogP contribution in [0.1, 0.15) is 80.6 Å². The zero-order chi connectivity index (χ0) is 16.1. The van der Waals surface area contributed by atoms with E-state index in [1.54, 1.807) is 0 Å². The Balaban J connectivity index is 2.11. The first-order valence-corrected chi connectivity index (χ1v) is 8.78. The van der Waals surface area contributed by atoms with E-state index in [-0.39, 0.29) is 22.9 Å². The Morgan fingerprint density at radius 1 is 1.33 bits per heavy atom. The molecule has 2 rings (SSSR count). The Morgan fingerprint density at radius 2 is 1.95 bits per heavy atom. The maximum absolute atomic E-state index is 12.8. The minimum atomic E-state index is -0.323. The molecule has 0 aliphatic heterocycles. The first-order chi connectivity index (χ1) is 9.57. The first kappa shape index (κ1) is 16.8. The standard InChI is InChI=1S/C19H34O2/c1-8-18(6,12-13(2)3)16(20)21-15-11-14-9-10-19(15,7)17(14,4)5/h13-15H,8-12H2,1-7H3. The number of hydrogen-bond donors (Lipinski definition) is 0. The van der Waals surface area contributed by atoms with Crippen LogP contribution >= 0.6 is 0 Å². The van der Waals surface area contributed by atoms with Crippen LogP contribution in [0.4, 0.5) is 0 Å². The summed E-state index contributed by atoms with van der Waals surface area (Å²) < 4.78 is 6.10. The van der Waals surface area contributed by atoms with Gasteiger partial charge in [-0.2, -0.15) is 0 Å². The van der Waals surface area contributed by atoms with E-state index in [1.165, 1.54) is 12.8 Å². The molecule has 0 amide bonds. The molecule has 0 aromatic carbocycles. The van der Waals surface area contributed by atoms with Crippen LogP contribution in [0.25, 0.3) is 0 Å². The zero-order valence-corrected chi connectivity index (χ0v) is 15.1. The van der Waals surface area contributed by atoms with Gasteiger partial charge in [-0.05, 0) is 56.3 Å². The second-order valence-electron chi connectivity index (χ2n) is 9.02. The van der Waals surface area contributed by atoms with Gasteiger partial charge in [-0.15, -0.1) is 0 Å². The molecule has 0 radical (unpaired) electrons. The minimum Gasteiger partial charge on any atom is -0.461 e. The Hall–Kier alpha value is -0.530. The van der Waals surface area contributed by atoms with Crippen molar-refractivity contribution in [3.05, 3.63) is 0 Å². The number of rotatable bonds is 5. The summed E-state index contributed by atoms with van der Waals surface area (Å²) in [5, 5.41) is 0. The monoisotopic (exact) mass is 294 g/mol. The second-order valence-corrected chi connectivity index (χ2v) is 9.02. The number of ether oxygens (including phenoxy) is 1. The van der Waals surface area contributed by atoms with E-state index in [0.717, 1.165) is 25.2 Å².